The minimum Gasteiger partial charge on any atom is -0.386 e. The van der Waals surface area contributed by atoms with Gasteiger partial charge in [-0.2, -0.15) is 10.5 Å². The Morgan fingerprint density at radius 1 is 1.08 bits per heavy atom. The van der Waals surface area contributed by atoms with Crippen LogP contribution in [0.1, 0.15) is 11.7 Å². The van der Waals surface area contributed by atoms with E-state index in [9.17, 15) is 5.11 Å². The van der Waals surface area contributed by atoms with Gasteiger partial charge in [0, 0.05) is 0 Å². The van der Waals surface area contributed by atoms with Crippen LogP contribution in [-0.4, -0.2) is 5.11 Å². The number of aliphatic hydroxyl groups is 1. The van der Waals surface area contributed by atoms with Crippen LogP contribution in [0.25, 0.3) is 0 Å². The van der Waals surface area contributed by atoms with E-state index in [-0.39, 0.29) is 0 Å². The number of rotatable bonds is 2. The van der Waals surface area contributed by atoms with Gasteiger partial charge in [-0.1, -0.05) is 30.3 Å². The van der Waals surface area contributed by atoms with Crippen LogP contribution in [0.5, 0.6) is 0 Å². The van der Waals surface area contributed by atoms with Crippen molar-refractivity contribution >= 4 is 0 Å². The Morgan fingerprint density at radius 2 is 1.62 bits per heavy atom. The van der Waals surface area contributed by atoms with Gasteiger partial charge in [-0.05, 0) is 5.56 Å². The average Bonchev–Trinajstić information content (AvgIpc) is 2.21. The standard InChI is InChI=1S/C10H8N2O/c11-6-9(7-12)10(13)8-4-2-1-3-5-8/h1-5,9-10,13H. The number of benzene rings is 1. The van der Waals surface area contributed by atoms with Crippen LogP contribution in [0.2, 0.25) is 0 Å². The highest BCUT2D eigenvalue weighted by molar-refractivity contribution is 5.22. The molecule has 0 bridgehead atoms. The molecule has 13 heavy (non-hydrogen) atoms. The predicted molar refractivity (Wildman–Crippen MR) is 46.1 cm³/mol. The summed E-state index contributed by atoms with van der Waals surface area (Å²) in [7, 11) is 0. The van der Waals surface area contributed by atoms with E-state index in [1.165, 1.54) is 0 Å². The van der Waals surface area contributed by atoms with Gasteiger partial charge in [-0.25, -0.2) is 0 Å². The lowest BCUT2D eigenvalue weighted by molar-refractivity contribution is 0.156. The lowest BCUT2D eigenvalue weighted by Crippen LogP contribution is -2.08. The van der Waals surface area contributed by atoms with Gasteiger partial charge in [0.05, 0.1) is 12.1 Å². The normalized spacial score (nSPS) is 11.7. The molecule has 1 unspecified atom stereocenters. The van der Waals surface area contributed by atoms with E-state index in [1.807, 2.05) is 6.07 Å². The second-order valence-corrected chi connectivity index (χ2v) is 2.59. The van der Waals surface area contributed by atoms with Crippen molar-refractivity contribution < 1.29 is 5.11 Å². The molecular weight excluding hydrogens is 164 g/mol. The fraction of sp³-hybridized carbons (Fsp3) is 0.200. The van der Waals surface area contributed by atoms with Crippen LogP contribution >= 0.6 is 0 Å². The summed E-state index contributed by atoms with van der Waals surface area (Å²) in [5.74, 6) is -0.998. The van der Waals surface area contributed by atoms with Gasteiger partial charge in [0.2, 0.25) is 0 Å². The Hall–Kier alpha value is -1.84. The van der Waals surface area contributed by atoms with Crippen molar-refractivity contribution in [3.8, 4) is 12.1 Å². The predicted octanol–water partition coefficient (Wildman–Crippen LogP) is 1.38. The van der Waals surface area contributed by atoms with E-state index < -0.39 is 12.0 Å². The molecular formula is C10H8N2O. The maximum absolute atomic E-state index is 9.54. The number of hydrogen-bond acceptors (Lipinski definition) is 3. The Balaban J connectivity index is 2.87. The average molecular weight is 172 g/mol. The second kappa shape index (κ2) is 4.25. The van der Waals surface area contributed by atoms with Gasteiger partial charge in [0.25, 0.3) is 0 Å². The van der Waals surface area contributed by atoms with E-state index in [1.54, 1.807) is 36.4 Å². The Kier molecular flexibility index (Phi) is 3.03. The fourth-order valence-corrected chi connectivity index (χ4v) is 1.01. The number of nitriles is 2. The number of nitrogens with zero attached hydrogens (tertiary/aromatic N) is 2. The molecule has 0 aliphatic rings. The minimum absolute atomic E-state index is 0.593. The highest BCUT2D eigenvalue weighted by Crippen LogP contribution is 2.20. The number of hydrogen-bond donors (Lipinski definition) is 1. The summed E-state index contributed by atoms with van der Waals surface area (Å²) in [5, 5.41) is 26.6. The molecule has 64 valence electrons. The monoisotopic (exact) mass is 172 g/mol. The molecule has 1 N–H and O–H groups in total. The van der Waals surface area contributed by atoms with Crippen molar-refractivity contribution in [1.29, 1.82) is 10.5 Å². The summed E-state index contributed by atoms with van der Waals surface area (Å²) >= 11 is 0. The summed E-state index contributed by atoms with van der Waals surface area (Å²) in [5.41, 5.74) is 0.593. The molecule has 3 nitrogen and oxygen atoms in total. The van der Waals surface area contributed by atoms with Crippen LogP contribution in [0, 0.1) is 28.6 Å². The first kappa shape index (κ1) is 9.25. The zero-order valence-corrected chi connectivity index (χ0v) is 6.88. The van der Waals surface area contributed by atoms with E-state index in [2.05, 4.69) is 0 Å². The Morgan fingerprint density at radius 3 is 2.08 bits per heavy atom. The van der Waals surface area contributed by atoms with Crippen molar-refractivity contribution in [1.82, 2.24) is 0 Å². The van der Waals surface area contributed by atoms with Crippen molar-refractivity contribution in [3.05, 3.63) is 35.9 Å². The van der Waals surface area contributed by atoms with Crippen LogP contribution in [0.3, 0.4) is 0 Å². The molecule has 0 aliphatic carbocycles. The molecule has 0 aromatic heterocycles. The molecule has 0 amide bonds. The van der Waals surface area contributed by atoms with Gasteiger partial charge >= 0.3 is 0 Å². The highest BCUT2D eigenvalue weighted by atomic mass is 16.3. The first-order chi connectivity index (χ1) is 6.29. The number of aliphatic hydroxyl groups excluding tert-OH is 1. The summed E-state index contributed by atoms with van der Waals surface area (Å²) in [6, 6.07) is 12.2. The van der Waals surface area contributed by atoms with E-state index in [4.69, 9.17) is 10.5 Å². The van der Waals surface area contributed by atoms with E-state index in [0.717, 1.165) is 0 Å². The topological polar surface area (TPSA) is 67.8 Å². The van der Waals surface area contributed by atoms with E-state index in [0.29, 0.717) is 5.56 Å². The smallest absolute Gasteiger partial charge is 0.163 e. The van der Waals surface area contributed by atoms with Crippen molar-refractivity contribution in [2.24, 2.45) is 5.92 Å². The quantitative estimate of drug-likeness (QED) is 0.732. The van der Waals surface area contributed by atoms with Gasteiger partial charge in [0.15, 0.2) is 5.92 Å². The molecule has 1 rings (SSSR count). The lowest BCUT2D eigenvalue weighted by atomic mass is 9.98. The lowest BCUT2D eigenvalue weighted by Gasteiger charge is -2.09. The second-order valence-electron chi connectivity index (χ2n) is 2.59. The SMILES string of the molecule is N#CC(C#N)C(O)c1ccccc1. The third kappa shape index (κ3) is 2.05. The van der Waals surface area contributed by atoms with Crippen LogP contribution < -0.4 is 0 Å². The van der Waals surface area contributed by atoms with Gasteiger partial charge in [-0.3, -0.25) is 0 Å². The van der Waals surface area contributed by atoms with Gasteiger partial charge in [-0.15, -0.1) is 0 Å². The third-order valence-corrected chi connectivity index (χ3v) is 1.74. The molecule has 0 aliphatic heterocycles. The maximum Gasteiger partial charge on any atom is 0.163 e. The highest BCUT2D eigenvalue weighted by Gasteiger charge is 2.19. The summed E-state index contributed by atoms with van der Waals surface area (Å²) in [6.07, 6.45) is -1.02. The van der Waals surface area contributed by atoms with Gasteiger partial charge in [0.1, 0.15) is 6.10 Å². The minimum atomic E-state index is -1.02. The van der Waals surface area contributed by atoms with Crippen LogP contribution in [0.15, 0.2) is 30.3 Å². The molecule has 0 spiro atoms. The largest absolute Gasteiger partial charge is 0.386 e. The molecule has 3 heteroatoms. The summed E-state index contributed by atoms with van der Waals surface area (Å²) < 4.78 is 0. The fourth-order valence-electron chi connectivity index (χ4n) is 1.01. The Labute approximate surface area is 76.5 Å². The van der Waals surface area contributed by atoms with Gasteiger partial charge < -0.3 is 5.11 Å². The van der Waals surface area contributed by atoms with Crippen molar-refractivity contribution in [2.45, 2.75) is 6.10 Å². The zero-order chi connectivity index (χ0) is 9.68. The molecule has 0 saturated carbocycles. The first-order valence-electron chi connectivity index (χ1n) is 3.82. The van der Waals surface area contributed by atoms with Crippen molar-refractivity contribution in [2.75, 3.05) is 0 Å². The molecule has 0 saturated heterocycles. The third-order valence-electron chi connectivity index (χ3n) is 1.74. The van der Waals surface area contributed by atoms with Crippen LogP contribution in [0.4, 0.5) is 0 Å². The Bertz CT molecular complexity index is 333. The molecule has 0 radical (unpaired) electrons. The van der Waals surface area contributed by atoms with Crippen molar-refractivity contribution in [3.63, 3.8) is 0 Å². The molecule has 1 aromatic rings. The molecule has 1 atom stereocenters. The zero-order valence-electron chi connectivity index (χ0n) is 6.88. The summed E-state index contributed by atoms with van der Waals surface area (Å²) in [4.78, 5) is 0. The molecule has 0 heterocycles. The summed E-state index contributed by atoms with van der Waals surface area (Å²) in [6.45, 7) is 0. The van der Waals surface area contributed by atoms with Crippen LogP contribution in [-0.2, 0) is 0 Å². The molecule has 0 fully saturated rings. The molecule has 1 aromatic carbocycles. The van der Waals surface area contributed by atoms with E-state index >= 15 is 0 Å². The maximum atomic E-state index is 9.54. The first-order valence-corrected chi connectivity index (χ1v) is 3.82.